The van der Waals surface area contributed by atoms with Crippen molar-refractivity contribution in [1.29, 1.82) is 5.26 Å². The molecule has 0 saturated heterocycles. The van der Waals surface area contributed by atoms with E-state index in [1.807, 2.05) is 6.07 Å². The number of aromatic nitrogens is 1. The second-order valence-corrected chi connectivity index (χ2v) is 5.68. The Bertz CT molecular complexity index is 466. The van der Waals surface area contributed by atoms with Crippen LogP contribution < -0.4 is 10.5 Å². The number of nitrogens with two attached hydrogens (primary N) is 1. The maximum absolute atomic E-state index is 8.87. The van der Waals surface area contributed by atoms with E-state index in [9.17, 15) is 0 Å². The molecule has 18 heavy (non-hydrogen) atoms. The van der Waals surface area contributed by atoms with Gasteiger partial charge in [0.1, 0.15) is 12.2 Å². The third kappa shape index (κ3) is 2.92. The third-order valence-electron chi connectivity index (χ3n) is 3.58. The van der Waals surface area contributed by atoms with Gasteiger partial charge < -0.3 is 10.5 Å². The first-order valence-electron chi connectivity index (χ1n) is 6.33. The van der Waals surface area contributed by atoms with Crippen LogP contribution in [0.15, 0.2) is 12.1 Å². The Hall–Kier alpha value is -1.76. The van der Waals surface area contributed by atoms with Gasteiger partial charge in [-0.25, -0.2) is 4.98 Å². The minimum atomic E-state index is 0.209. The molecule has 96 valence electrons. The molecule has 0 spiro atoms. The highest BCUT2D eigenvalue weighted by Gasteiger charge is 2.28. The van der Waals surface area contributed by atoms with Crippen LogP contribution in [0.5, 0.6) is 5.88 Å². The van der Waals surface area contributed by atoms with Gasteiger partial charge in [-0.05, 0) is 37.2 Å². The lowest BCUT2D eigenvalue weighted by Gasteiger charge is -2.34. The molecule has 0 bridgehead atoms. The maximum Gasteiger partial charge on any atom is 0.214 e. The Kier molecular flexibility index (Phi) is 3.42. The molecule has 0 aromatic carbocycles. The van der Waals surface area contributed by atoms with E-state index in [0.29, 0.717) is 17.0 Å². The first kappa shape index (κ1) is 12.7. The van der Waals surface area contributed by atoms with Crippen molar-refractivity contribution in [2.45, 2.75) is 45.6 Å². The summed E-state index contributed by atoms with van der Waals surface area (Å²) in [6.45, 7) is 4.58. The topological polar surface area (TPSA) is 71.9 Å². The van der Waals surface area contributed by atoms with Crippen LogP contribution in [-0.2, 0) is 0 Å². The lowest BCUT2D eigenvalue weighted by molar-refractivity contribution is 0.0949. The van der Waals surface area contributed by atoms with Gasteiger partial charge in [0.25, 0.3) is 0 Å². The summed E-state index contributed by atoms with van der Waals surface area (Å²) in [4.78, 5) is 4.11. The fourth-order valence-corrected chi connectivity index (χ4v) is 2.27. The number of nitrogen functional groups attached to an aromatic ring is 1. The number of rotatable bonds is 2. The number of pyridine rings is 1. The van der Waals surface area contributed by atoms with Crippen molar-refractivity contribution in [2.24, 2.45) is 5.41 Å². The van der Waals surface area contributed by atoms with E-state index in [0.717, 1.165) is 25.7 Å². The summed E-state index contributed by atoms with van der Waals surface area (Å²) >= 11 is 0. The normalized spacial score (nSPS) is 19.2. The largest absolute Gasteiger partial charge is 0.474 e. The molecule has 1 fully saturated rings. The van der Waals surface area contributed by atoms with Gasteiger partial charge in [0.2, 0.25) is 5.88 Å². The average molecular weight is 245 g/mol. The van der Waals surface area contributed by atoms with E-state index in [1.54, 1.807) is 12.1 Å². The Morgan fingerprint density at radius 1 is 1.39 bits per heavy atom. The highest BCUT2D eigenvalue weighted by molar-refractivity contribution is 5.50. The van der Waals surface area contributed by atoms with Gasteiger partial charge in [0.15, 0.2) is 5.69 Å². The van der Waals surface area contributed by atoms with Crippen molar-refractivity contribution in [3.8, 4) is 11.9 Å². The molecule has 1 aliphatic carbocycles. The fraction of sp³-hybridized carbons (Fsp3) is 0.571. The molecule has 1 heterocycles. The molecule has 1 saturated carbocycles. The van der Waals surface area contributed by atoms with Gasteiger partial charge in [-0.1, -0.05) is 13.8 Å². The zero-order valence-electron chi connectivity index (χ0n) is 10.9. The first-order valence-corrected chi connectivity index (χ1v) is 6.33. The van der Waals surface area contributed by atoms with Crippen molar-refractivity contribution in [2.75, 3.05) is 5.73 Å². The zero-order chi connectivity index (χ0) is 13.2. The average Bonchev–Trinajstić information content (AvgIpc) is 2.34. The predicted molar refractivity (Wildman–Crippen MR) is 70.0 cm³/mol. The van der Waals surface area contributed by atoms with Crippen molar-refractivity contribution in [1.82, 2.24) is 4.98 Å². The summed E-state index contributed by atoms with van der Waals surface area (Å²) in [5.74, 6) is 0.505. The molecule has 1 aliphatic rings. The standard InChI is InChI=1S/C14H19N3O/c1-14(2)7-5-10(6-8-14)18-13-4-3-11(16)12(9-15)17-13/h3-4,10H,5-8,16H2,1-2H3. The molecule has 2 N–H and O–H groups in total. The van der Waals surface area contributed by atoms with Crippen LogP contribution in [0.25, 0.3) is 0 Å². The van der Waals surface area contributed by atoms with E-state index in [-0.39, 0.29) is 11.8 Å². The van der Waals surface area contributed by atoms with Gasteiger partial charge in [-0.3, -0.25) is 0 Å². The molecule has 0 radical (unpaired) electrons. The molecule has 2 rings (SSSR count). The van der Waals surface area contributed by atoms with Gasteiger partial charge in [-0.2, -0.15) is 5.26 Å². The fourth-order valence-electron chi connectivity index (χ4n) is 2.27. The lowest BCUT2D eigenvalue weighted by atomic mass is 9.76. The maximum atomic E-state index is 8.87. The van der Waals surface area contributed by atoms with Crippen LogP contribution in [0.1, 0.15) is 45.2 Å². The highest BCUT2D eigenvalue weighted by atomic mass is 16.5. The predicted octanol–water partition coefficient (Wildman–Crippen LogP) is 2.88. The van der Waals surface area contributed by atoms with Crippen LogP contribution in [0, 0.1) is 16.7 Å². The van der Waals surface area contributed by atoms with E-state index in [2.05, 4.69) is 18.8 Å². The summed E-state index contributed by atoms with van der Waals surface area (Å²) in [6.07, 6.45) is 4.62. The van der Waals surface area contributed by atoms with Gasteiger partial charge >= 0.3 is 0 Å². The van der Waals surface area contributed by atoms with Crippen molar-refractivity contribution in [3.63, 3.8) is 0 Å². The molecule has 4 nitrogen and oxygen atoms in total. The molecule has 0 atom stereocenters. The van der Waals surface area contributed by atoms with Crippen LogP contribution in [0.4, 0.5) is 5.69 Å². The molecule has 0 amide bonds. The summed E-state index contributed by atoms with van der Waals surface area (Å²) in [5, 5.41) is 8.87. The van der Waals surface area contributed by atoms with Crippen molar-refractivity contribution >= 4 is 5.69 Å². The number of anilines is 1. The number of nitriles is 1. The van der Waals surface area contributed by atoms with E-state index >= 15 is 0 Å². The van der Waals surface area contributed by atoms with Crippen LogP contribution >= 0.6 is 0 Å². The molecule has 0 unspecified atom stereocenters. The van der Waals surface area contributed by atoms with Crippen molar-refractivity contribution < 1.29 is 4.74 Å². The summed E-state index contributed by atoms with van der Waals surface area (Å²) < 4.78 is 5.83. The van der Waals surface area contributed by atoms with E-state index < -0.39 is 0 Å². The van der Waals surface area contributed by atoms with Crippen molar-refractivity contribution in [3.05, 3.63) is 17.8 Å². The first-order chi connectivity index (χ1) is 8.50. The van der Waals surface area contributed by atoms with Gasteiger partial charge in [0.05, 0.1) is 5.69 Å². The van der Waals surface area contributed by atoms with E-state index in [1.165, 1.54) is 0 Å². The summed E-state index contributed by atoms with van der Waals surface area (Å²) in [5.41, 5.74) is 6.69. The smallest absolute Gasteiger partial charge is 0.214 e. The summed E-state index contributed by atoms with van der Waals surface area (Å²) in [6, 6.07) is 5.38. The number of hydrogen-bond donors (Lipinski definition) is 1. The Morgan fingerprint density at radius 3 is 2.67 bits per heavy atom. The van der Waals surface area contributed by atoms with Gasteiger partial charge in [-0.15, -0.1) is 0 Å². The molecular weight excluding hydrogens is 226 g/mol. The Morgan fingerprint density at radius 2 is 2.06 bits per heavy atom. The second-order valence-electron chi connectivity index (χ2n) is 5.68. The molecule has 1 aromatic heterocycles. The Labute approximate surface area is 108 Å². The lowest BCUT2D eigenvalue weighted by Crippen LogP contribution is -2.28. The second kappa shape index (κ2) is 4.85. The van der Waals surface area contributed by atoms with E-state index in [4.69, 9.17) is 15.7 Å². The van der Waals surface area contributed by atoms with Gasteiger partial charge in [0, 0.05) is 6.07 Å². The van der Waals surface area contributed by atoms with Crippen LogP contribution in [0.2, 0.25) is 0 Å². The quantitative estimate of drug-likeness (QED) is 0.869. The minimum absolute atomic E-state index is 0.209. The van der Waals surface area contributed by atoms with Crippen LogP contribution in [-0.4, -0.2) is 11.1 Å². The van der Waals surface area contributed by atoms with Crippen LogP contribution in [0.3, 0.4) is 0 Å². The SMILES string of the molecule is CC1(C)CCC(Oc2ccc(N)c(C#N)n2)CC1. The molecule has 0 aliphatic heterocycles. The highest BCUT2D eigenvalue weighted by Crippen LogP contribution is 2.36. The zero-order valence-corrected chi connectivity index (χ0v) is 10.9. The number of hydrogen-bond acceptors (Lipinski definition) is 4. The number of ether oxygens (including phenoxy) is 1. The number of nitrogens with zero attached hydrogens (tertiary/aromatic N) is 2. The molecule has 1 aromatic rings. The third-order valence-corrected chi connectivity index (χ3v) is 3.58. The molecule has 4 heteroatoms. The monoisotopic (exact) mass is 245 g/mol. The summed E-state index contributed by atoms with van der Waals surface area (Å²) in [7, 11) is 0. The minimum Gasteiger partial charge on any atom is -0.474 e. The Balaban J connectivity index is 2.01. The molecular formula is C14H19N3O.